The first-order chi connectivity index (χ1) is 14.1. The van der Waals surface area contributed by atoms with E-state index in [2.05, 4.69) is 15.0 Å². The average Bonchev–Trinajstić information content (AvgIpc) is 3.16. The fourth-order valence-corrected chi connectivity index (χ4v) is 4.48. The van der Waals surface area contributed by atoms with Crippen LogP contribution in [0.5, 0.6) is 0 Å². The highest BCUT2D eigenvalue weighted by Gasteiger charge is 2.51. The van der Waals surface area contributed by atoms with Gasteiger partial charge in [0.1, 0.15) is 11.1 Å². The van der Waals surface area contributed by atoms with Crippen molar-refractivity contribution in [3.05, 3.63) is 11.7 Å². The molecule has 0 radical (unpaired) electrons. The van der Waals surface area contributed by atoms with E-state index in [1.54, 1.807) is 4.90 Å². The first-order valence-electron chi connectivity index (χ1n) is 10.6. The van der Waals surface area contributed by atoms with Gasteiger partial charge in [-0.15, -0.1) is 0 Å². The summed E-state index contributed by atoms with van der Waals surface area (Å²) < 4.78 is 43.2. The van der Waals surface area contributed by atoms with Crippen LogP contribution in [0.25, 0.3) is 0 Å². The fraction of sp³-hybridized carbons (Fsp3) is 0.850. The van der Waals surface area contributed by atoms with E-state index in [0.717, 1.165) is 0 Å². The van der Waals surface area contributed by atoms with Crippen LogP contribution in [0.2, 0.25) is 0 Å². The van der Waals surface area contributed by atoms with Gasteiger partial charge >= 0.3 is 6.09 Å². The highest BCUT2D eigenvalue weighted by atomic mass is 19.3. The summed E-state index contributed by atoms with van der Waals surface area (Å²) in [5.74, 6) is -2.18. The van der Waals surface area contributed by atoms with Crippen LogP contribution >= 0.6 is 0 Å². The normalized spacial score (nSPS) is 25.0. The number of hydrogen-bond donors (Lipinski definition) is 0. The van der Waals surface area contributed by atoms with Crippen molar-refractivity contribution in [2.45, 2.75) is 69.4 Å². The molecule has 2 aliphatic heterocycles. The number of piperidine rings is 1. The average molecular weight is 428 g/mol. The Morgan fingerprint density at radius 1 is 1.13 bits per heavy atom. The first kappa shape index (κ1) is 21.4. The molecule has 8 nitrogen and oxygen atoms in total. The zero-order chi connectivity index (χ0) is 21.6. The Kier molecular flexibility index (Phi) is 5.50. The third kappa shape index (κ3) is 4.30. The lowest BCUT2D eigenvalue weighted by Gasteiger charge is -2.47. The molecule has 168 valence electrons. The van der Waals surface area contributed by atoms with Gasteiger partial charge in [0.2, 0.25) is 11.8 Å². The Balaban J connectivity index is 1.51. The molecule has 1 amide bonds. The van der Waals surface area contributed by atoms with Crippen LogP contribution in [-0.2, 0) is 15.0 Å². The standard InChI is InChI=1S/C20H30F2N4O4/c1-18(2,3)29-17(27)25-6-4-19(5-7-25,26-8-10-28-11-9-26)16-23-15(24-30-16)14-12-20(21,22)13-14/h14H,4-13H2,1-3H3. The molecule has 1 aliphatic carbocycles. The van der Waals surface area contributed by atoms with E-state index in [0.29, 0.717) is 63.9 Å². The zero-order valence-corrected chi connectivity index (χ0v) is 17.8. The molecule has 4 rings (SSSR count). The van der Waals surface area contributed by atoms with E-state index in [9.17, 15) is 13.6 Å². The summed E-state index contributed by atoms with van der Waals surface area (Å²) in [5, 5.41) is 4.04. The van der Waals surface area contributed by atoms with E-state index < -0.39 is 17.1 Å². The molecule has 10 heteroatoms. The number of carbonyl (C=O) groups is 1. The van der Waals surface area contributed by atoms with Gasteiger partial charge in [-0.3, -0.25) is 4.90 Å². The molecule has 30 heavy (non-hydrogen) atoms. The van der Waals surface area contributed by atoms with Crippen molar-refractivity contribution in [3.63, 3.8) is 0 Å². The van der Waals surface area contributed by atoms with Gasteiger partial charge in [-0.25, -0.2) is 13.6 Å². The SMILES string of the molecule is CC(C)(C)OC(=O)N1CCC(c2nc(C3CC(F)(F)C3)no2)(N2CCOCC2)CC1. The molecular formula is C20H30F2N4O4. The lowest BCUT2D eigenvalue weighted by Crippen LogP contribution is -2.57. The second kappa shape index (κ2) is 7.71. The number of amides is 1. The molecule has 0 bridgehead atoms. The van der Waals surface area contributed by atoms with Crippen LogP contribution in [0, 0.1) is 0 Å². The molecule has 3 heterocycles. The lowest BCUT2D eigenvalue weighted by atomic mass is 9.80. The van der Waals surface area contributed by atoms with Crippen LogP contribution in [0.15, 0.2) is 4.52 Å². The number of hydrogen-bond acceptors (Lipinski definition) is 7. The number of halogens is 2. The molecule has 3 fully saturated rings. The van der Waals surface area contributed by atoms with Crippen LogP contribution < -0.4 is 0 Å². The van der Waals surface area contributed by atoms with Crippen LogP contribution in [0.3, 0.4) is 0 Å². The summed E-state index contributed by atoms with van der Waals surface area (Å²) in [6, 6.07) is 0. The van der Waals surface area contributed by atoms with Crippen molar-refractivity contribution in [2.75, 3.05) is 39.4 Å². The van der Waals surface area contributed by atoms with E-state index in [4.69, 9.17) is 14.0 Å². The van der Waals surface area contributed by atoms with Gasteiger partial charge in [0.05, 0.1) is 13.2 Å². The molecular weight excluding hydrogens is 398 g/mol. The van der Waals surface area contributed by atoms with Gasteiger partial charge in [0, 0.05) is 44.9 Å². The van der Waals surface area contributed by atoms with Gasteiger partial charge in [0.15, 0.2) is 5.82 Å². The minimum atomic E-state index is -2.63. The summed E-state index contributed by atoms with van der Waals surface area (Å²) in [5.41, 5.74) is -1.08. The Morgan fingerprint density at radius 3 is 2.33 bits per heavy atom. The van der Waals surface area contributed by atoms with Gasteiger partial charge in [-0.1, -0.05) is 5.16 Å². The van der Waals surface area contributed by atoms with Crippen molar-refractivity contribution < 1.29 is 27.6 Å². The van der Waals surface area contributed by atoms with Crippen molar-refractivity contribution in [3.8, 4) is 0 Å². The van der Waals surface area contributed by atoms with E-state index >= 15 is 0 Å². The summed E-state index contributed by atoms with van der Waals surface area (Å²) in [6.07, 6.45) is 0.413. The van der Waals surface area contributed by atoms with Gasteiger partial charge in [0.25, 0.3) is 0 Å². The maximum atomic E-state index is 13.3. The molecule has 3 aliphatic rings. The van der Waals surface area contributed by atoms with Crippen molar-refractivity contribution >= 4 is 6.09 Å². The predicted octanol–water partition coefficient (Wildman–Crippen LogP) is 3.14. The maximum absolute atomic E-state index is 13.3. The number of nitrogens with zero attached hydrogens (tertiary/aromatic N) is 4. The Labute approximate surface area is 174 Å². The molecule has 0 unspecified atom stereocenters. The molecule has 0 spiro atoms. The van der Waals surface area contributed by atoms with Gasteiger partial charge < -0.3 is 18.9 Å². The number of carbonyl (C=O) groups excluding carboxylic acids is 1. The highest BCUT2D eigenvalue weighted by Crippen LogP contribution is 2.48. The molecule has 0 aromatic carbocycles. The Hall–Kier alpha value is -1.81. The van der Waals surface area contributed by atoms with Crippen LogP contribution in [-0.4, -0.2) is 77.0 Å². The number of morpholine rings is 1. The topological polar surface area (TPSA) is 80.9 Å². The van der Waals surface area contributed by atoms with E-state index in [1.807, 2.05) is 20.8 Å². The second-order valence-corrected chi connectivity index (χ2v) is 9.52. The zero-order valence-electron chi connectivity index (χ0n) is 17.8. The van der Waals surface area contributed by atoms with Gasteiger partial charge in [-0.05, 0) is 33.6 Å². The summed E-state index contributed by atoms with van der Waals surface area (Å²) in [4.78, 5) is 21.0. The molecule has 0 N–H and O–H groups in total. The molecule has 1 saturated carbocycles. The van der Waals surface area contributed by atoms with E-state index in [-0.39, 0.29) is 24.9 Å². The Morgan fingerprint density at radius 2 is 1.77 bits per heavy atom. The minimum Gasteiger partial charge on any atom is -0.444 e. The van der Waals surface area contributed by atoms with Crippen LogP contribution in [0.4, 0.5) is 13.6 Å². The molecule has 2 saturated heterocycles. The molecule has 1 aromatic rings. The minimum absolute atomic E-state index is 0.233. The smallest absolute Gasteiger partial charge is 0.410 e. The molecule has 0 atom stereocenters. The van der Waals surface area contributed by atoms with Gasteiger partial charge in [-0.2, -0.15) is 4.98 Å². The largest absolute Gasteiger partial charge is 0.444 e. The highest BCUT2D eigenvalue weighted by molar-refractivity contribution is 5.68. The van der Waals surface area contributed by atoms with E-state index in [1.165, 1.54) is 0 Å². The van der Waals surface area contributed by atoms with Crippen molar-refractivity contribution in [1.82, 2.24) is 19.9 Å². The van der Waals surface area contributed by atoms with Crippen molar-refractivity contribution in [2.24, 2.45) is 0 Å². The van der Waals surface area contributed by atoms with Crippen molar-refractivity contribution in [1.29, 1.82) is 0 Å². The second-order valence-electron chi connectivity index (χ2n) is 9.52. The maximum Gasteiger partial charge on any atom is 0.410 e. The number of aromatic nitrogens is 2. The summed E-state index contributed by atoms with van der Waals surface area (Å²) >= 11 is 0. The number of alkyl halides is 2. The quantitative estimate of drug-likeness (QED) is 0.732. The fourth-order valence-electron chi connectivity index (χ4n) is 4.48. The predicted molar refractivity (Wildman–Crippen MR) is 102 cm³/mol. The number of rotatable bonds is 3. The summed E-state index contributed by atoms with van der Waals surface area (Å²) in [7, 11) is 0. The third-order valence-electron chi connectivity index (χ3n) is 6.15. The third-order valence-corrected chi connectivity index (χ3v) is 6.15. The van der Waals surface area contributed by atoms with Crippen LogP contribution in [0.1, 0.15) is 64.1 Å². The number of likely N-dealkylation sites (tertiary alicyclic amines) is 1. The molecule has 1 aromatic heterocycles. The lowest BCUT2D eigenvalue weighted by molar-refractivity contribution is -0.0888. The number of ether oxygens (including phenoxy) is 2. The summed E-state index contributed by atoms with van der Waals surface area (Å²) in [6.45, 7) is 9.15. The Bertz CT molecular complexity index is 757. The first-order valence-corrected chi connectivity index (χ1v) is 10.6. The monoisotopic (exact) mass is 428 g/mol.